The van der Waals surface area contributed by atoms with E-state index in [-0.39, 0.29) is 17.2 Å². The first-order chi connectivity index (χ1) is 17.8. The van der Waals surface area contributed by atoms with Crippen LogP contribution in [0.15, 0.2) is 53.6 Å². The van der Waals surface area contributed by atoms with E-state index in [2.05, 4.69) is 20.0 Å². The lowest BCUT2D eigenvalue weighted by molar-refractivity contribution is 0.535. The van der Waals surface area contributed by atoms with Crippen molar-refractivity contribution in [3.05, 3.63) is 71.1 Å². The number of benzene rings is 2. The molecule has 0 saturated carbocycles. The van der Waals surface area contributed by atoms with E-state index in [1.165, 1.54) is 23.5 Å². The van der Waals surface area contributed by atoms with Gasteiger partial charge in [0.1, 0.15) is 16.5 Å². The summed E-state index contributed by atoms with van der Waals surface area (Å²) < 4.78 is 59.1. The summed E-state index contributed by atoms with van der Waals surface area (Å²) in [7, 11) is -2.37. The Kier molecular flexibility index (Phi) is 8.83. The van der Waals surface area contributed by atoms with Crippen molar-refractivity contribution in [3.63, 3.8) is 0 Å². The molecule has 1 unspecified atom stereocenters. The van der Waals surface area contributed by atoms with Crippen LogP contribution in [0.3, 0.4) is 0 Å². The van der Waals surface area contributed by atoms with Gasteiger partial charge in [0.2, 0.25) is 5.95 Å². The normalized spacial score (nSPS) is 12.1. The summed E-state index contributed by atoms with van der Waals surface area (Å²) in [6.07, 6.45) is 3.64. The highest BCUT2D eigenvalue weighted by molar-refractivity contribution is 7.98. The molecular weight excluding hydrogens is 540 g/mol. The van der Waals surface area contributed by atoms with Gasteiger partial charge in [-0.25, -0.2) is 32.3 Å². The summed E-state index contributed by atoms with van der Waals surface area (Å²) >= 11 is 3.10. The first kappa shape index (κ1) is 27.1. The first-order valence-electron chi connectivity index (χ1n) is 11.3. The molecule has 1 atom stereocenters. The van der Waals surface area contributed by atoms with Crippen molar-refractivity contribution in [2.75, 3.05) is 28.6 Å². The number of hydrogen-bond acceptors (Lipinski definition) is 7. The number of nitrogens with zero attached hydrogens (tertiary/aromatic N) is 3. The average molecular weight is 564 g/mol. The maximum Gasteiger partial charge on any atom is 0.223 e. The first-order valence-corrected chi connectivity index (χ1v) is 14.6. The number of halogens is 3. The molecule has 0 aliphatic rings. The minimum Gasteiger partial charge on any atom is -0.353 e. The van der Waals surface area contributed by atoms with Gasteiger partial charge in [0, 0.05) is 30.0 Å². The third kappa shape index (κ3) is 6.13. The van der Waals surface area contributed by atoms with Crippen molar-refractivity contribution < 1.29 is 17.4 Å². The number of nitrogens with one attached hydrogen (secondary N) is 2. The summed E-state index contributed by atoms with van der Waals surface area (Å²) in [6, 6.07) is 9.34. The van der Waals surface area contributed by atoms with E-state index in [1.807, 2.05) is 20.1 Å². The molecular formula is C25H24F3N5OS3. The Hall–Kier alpha value is -2.96. The second kappa shape index (κ2) is 12.1. The topological polar surface area (TPSA) is 79.8 Å². The number of thiazole rings is 1. The van der Waals surface area contributed by atoms with E-state index in [4.69, 9.17) is 4.98 Å². The van der Waals surface area contributed by atoms with Gasteiger partial charge >= 0.3 is 0 Å². The van der Waals surface area contributed by atoms with Crippen LogP contribution < -0.4 is 10.0 Å². The van der Waals surface area contributed by atoms with Crippen LogP contribution in [0.2, 0.25) is 0 Å². The predicted octanol–water partition coefficient (Wildman–Crippen LogP) is 6.72. The fraction of sp³-hybridized carbons (Fsp3) is 0.240. The highest BCUT2D eigenvalue weighted by Gasteiger charge is 2.23. The van der Waals surface area contributed by atoms with Crippen molar-refractivity contribution in [1.29, 1.82) is 0 Å². The average Bonchev–Trinajstić information content (AvgIpc) is 3.31. The minimum absolute atomic E-state index is 0.0828. The van der Waals surface area contributed by atoms with Crippen molar-refractivity contribution >= 4 is 45.7 Å². The van der Waals surface area contributed by atoms with Crippen LogP contribution in [0.25, 0.3) is 21.8 Å². The number of rotatable bonds is 10. The Morgan fingerprint density at radius 3 is 2.49 bits per heavy atom. The van der Waals surface area contributed by atoms with E-state index in [0.29, 0.717) is 28.8 Å². The van der Waals surface area contributed by atoms with E-state index < -0.39 is 33.3 Å². The maximum absolute atomic E-state index is 15.8. The van der Waals surface area contributed by atoms with Crippen LogP contribution in [0.4, 0.5) is 24.8 Å². The molecule has 0 aliphatic heterocycles. The van der Waals surface area contributed by atoms with Gasteiger partial charge in [-0.3, -0.25) is 4.72 Å². The molecule has 12 heteroatoms. The van der Waals surface area contributed by atoms with Gasteiger partial charge in [-0.05, 0) is 36.6 Å². The van der Waals surface area contributed by atoms with Crippen molar-refractivity contribution in [2.24, 2.45) is 0 Å². The fourth-order valence-electron chi connectivity index (χ4n) is 3.38. The molecule has 0 spiro atoms. The van der Waals surface area contributed by atoms with Crippen LogP contribution in [0, 0.1) is 17.5 Å². The number of anilines is 2. The molecule has 4 aromatic rings. The molecule has 37 heavy (non-hydrogen) atoms. The van der Waals surface area contributed by atoms with E-state index >= 15 is 4.39 Å². The SMILES string of the molecule is CSCCNc1nccc(-c2sc(C(C)C)nc2-c2cccc(NS(=O)c3c(F)cccc3F)c2F)n1. The number of hydrogen-bond donors (Lipinski definition) is 2. The molecule has 2 aromatic carbocycles. The third-order valence-corrected chi connectivity index (χ3v) is 8.33. The van der Waals surface area contributed by atoms with Gasteiger partial charge in [-0.15, -0.1) is 11.3 Å². The zero-order valence-electron chi connectivity index (χ0n) is 20.2. The molecule has 0 fully saturated rings. The van der Waals surface area contributed by atoms with Gasteiger partial charge in [0.25, 0.3) is 0 Å². The van der Waals surface area contributed by atoms with Crippen molar-refractivity contribution in [2.45, 2.75) is 24.7 Å². The summed E-state index contributed by atoms with van der Waals surface area (Å²) in [5.41, 5.74) is 0.914. The van der Waals surface area contributed by atoms with Gasteiger partial charge in [-0.2, -0.15) is 11.8 Å². The second-order valence-electron chi connectivity index (χ2n) is 8.16. The molecule has 0 amide bonds. The third-order valence-electron chi connectivity index (χ3n) is 5.18. The van der Waals surface area contributed by atoms with E-state index in [1.54, 1.807) is 36.2 Å². The Balaban J connectivity index is 1.73. The predicted molar refractivity (Wildman–Crippen MR) is 146 cm³/mol. The number of aromatic nitrogens is 3. The van der Waals surface area contributed by atoms with Crippen LogP contribution in [-0.2, 0) is 11.0 Å². The summed E-state index contributed by atoms with van der Waals surface area (Å²) in [6.45, 7) is 4.67. The van der Waals surface area contributed by atoms with Crippen LogP contribution in [0.5, 0.6) is 0 Å². The van der Waals surface area contributed by atoms with Gasteiger partial charge in [-0.1, -0.05) is 26.0 Å². The second-order valence-corrected chi connectivity index (χ2v) is 11.3. The lowest BCUT2D eigenvalue weighted by Gasteiger charge is -2.11. The quantitative estimate of drug-likeness (QED) is 0.209. The Labute approximate surface area is 223 Å². The number of thioether (sulfide) groups is 1. The zero-order chi connectivity index (χ0) is 26.5. The van der Waals surface area contributed by atoms with Crippen molar-refractivity contribution in [1.82, 2.24) is 15.0 Å². The Bertz CT molecular complexity index is 1410. The smallest absolute Gasteiger partial charge is 0.223 e. The monoisotopic (exact) mass is 563 g/mol. The highest BCUT2D eigenvalue weighted by atomic mass is 32.2. The maximum atomic E-state index is 15.8. The summed E-state index contributed by atoms with van der Waals surface area (Å²) in [5.74, 6) is -1.30. The van der Waals surface area contributed by atoms with E-state index in [9.17, 15) is 13.0 Å². The molecule has 4 rings (SSSR count). The highest BCUT2D eigenvalue weighted by Crippen LogP contribution is 2.40. The molecule has 0 bridgehead atoms. The largest absolute Gasteiger partial charge is 0.353 e. The standard InChI is InChI=1S/C25H24F3N5OS3/c1-14(2)24-32-21(22(36-24)19-10-11-29-25(31-19)30-12-13-35-3)15-6-4-9-18(20(15)28)33-37(34)23-16(26)7-5-8-17(23)27/h4-11,14,33H,12-13H2,1-3H3,(H,29,30,31). The molecule has 194 valence electrons. The molecule has 2 aromatic heterocycles. The van der Waals surface area contributed by atoms with Gasteiger partial charge < -0.3 is 5.32 Å². The summed E-state index contributed by atoms with van der Waals surface area (Å²) in [5, 5.41) is 3.96. The molecule has 0 radical (unpaired) electrons. The molecule has 6 nitrogen and oxygen atoms in total. The molecule has 0 aliphatic carbocycles. The van der Waals surface area contributed by atoms with Crippen molar-refractivity contribution in [3.8, 4) is 21.8 Å². The lowest BCUT2D eigenvalue weighted by atomic mass is 10.1. The van der Waals surface area contributed by atoms with Gasteiger partial charge in [0.05, 0.1) is 27.0 Å². The summed E-state index contributed by atoms with van der Waals surface area (Å²) in [4.78, 5) is 13.5. The lowest BCUT2D eigenvalue weighted by Crippen LogP contribution is -2.10. The van der Waals surface area contributed by atoms with E-state index in [0.717, 1.165) is 22.9 Å². The van der Waals surface area contributed by atoms with Crippen LogP contribution in [-0.4, -0.2) is 37.7 Å². The fourth-order valence-corrected chi connectivity index (χ4v) is 5.69. The molecule has 2 N–H and O–H groups in total. The van der Waals surface area contributed by atoms with Crippen LogP contribution >= 0.6 is 23.1 Å². The molecule has 0 saturated heterocycles. The zero-order valence-corrected chi connectivity index (χ0v) is 22.7. The van der Waals surface area contributed by atoms with Crippen LogP contribution in [0.1, 0.15) is 24.8 Å². The Morgan fingerprint density at radius 1 is 1.05 bits per heavy atom. The van der Waals surface area contributed by atoms with Gasteiger partial charge in [0.15, 0.2) is 16.8 Å². The Morgan fingerprint density at radius 2 is 1.78 bits per heavy atom. The molecule has 2 heterocycles. The minimum atomic E-state index is -2.37.